The van der Waals surface area contributed by atoms with Crippen molar-refractivity contribution in [3.05, 3.63) is 5.21 Å². The molecule has 1 heterocycles. The Morgan fingerprint density at radius 2 is 2.14 bits per heavy atom. The molecular weight excluding hydrogens is 385 g/mol. The molecule has 0 spiro atoms. The van der Waals surface area contributed by atoms with Gasteiger partial charge in [0, 0.05) is 24.7 Å². The Kier molecular flexibility index (Phi) is 6.39. The summed E-state index contributed by atoms with van der Waals surface area (Å²) in [5.41, 5.74) is 6.13. The van der Waals surface area contributed by atoms with E-state index in [0.29, 0.717) is 18.9 Å². The highest BCUT2D eigenvalue weighted by molar-refractivity contribution is 14.1. The summed E-state index contributed by atoms with van der Waals surface area (Å²) in [6.45, 7) is 3.63. The molecule has 6 nitrogen and oxygen atoms in total. The van der Waals surface area contributed by atoms with Gasteiger partial charge in [0.25, 0.3) is 0 Å². The van der Waals surface area contributed by atoms with Gasteiger partial charge in [-0.1, -0.05) is 29.5 Å². The van der Waals surface area contributed by atoms with Crippen LogP contribution >= 0.6 is 22.6 Å². The van der Waals surface area contributed by atoms with Crippen molar-refractivity contribution in [1.82, 2.24) is 0 Å². The lowest BCUT2D eigenvalue weighted by Crippen LogP contribution is -3.19. The fraction of sp³-hybridized carbons (Fsp3) is 0.929. The highest BCUT2D eigenvalue weighted by Crippen LogP contribution is 2.28. The van der Waals surface area contributed by atoms with Gasteiger partial charge in [0.1, 0.15) is 18.8 Å². The Morgan fingerprint density at radius 3 is 2.81 bits per heavy atom. The van der Waals surface area contributed by atoms with Crippen LogP contribution in [-0.2, 0) is 4.79 Å². The molecule has 7 atom stereocenters. The number of hydrogen-bond acceptors (Lipinski definition) is 4. The monoisotopic (exact) mass is 412 g/mol. The topological polar surface area (TPSA) is 95.3 Å². The van der Waals surface area contributed by atoms with E-state index in [-0.39, 0.29) is 27.8 Å². The molecule has 1 aliphatic carbocycles. The molecule has 2 rings (SSSR count). The van der Waals surface area contributed by atoms with Crippen LogP contribution in [0, 0.1) is 17.0 Å². The van der Waals surface area contributed by atoms with Gasteiger partial charge >= 0.3 is 0 Å². The predicted octanol–water partition coefficient (Wildman–Crippen LogP) is -1.10. The van der Waals surface area contributed by atoms with Crippen LogP contribution < -0.4 is 15.9 Å². The number of quaternary nitrogens is 2. The zero-order valence-electron chi connectivity index (χ0n) is 12.6. The normalized spacial score (nSPS) is 42.5. The first kappa shape index (κ1) is 17.6. The number of halogens is 1. The molecular formula is C14H27IN3O3+. The first-order chi connectivity index (χ1) is 9.88. The molecule has 2 fully saturated rings. The lowest BCUT2D eigenvalue weighted by atomic mass is 9.83. The highest BCUT2D eigenvalue weighted by Gasteiger charge is 2.38. The first-order valence-corrected chi connectivity index (χ1v) is 9.12. The summed E-state index contributed by atoms with van der Waals surface area (Å²) in [6.07, 6.45) is 4.32. The Hall–Kier alpha value is 0.200. The second-order valence-corrected chi connectivity index (χ2v) is 8.37. The fourth-order valence-corrected chi connectivity index (χ4v) is 4.58. The summed E-state index contributed by atoms with van der Waals surface area (Å²) in [4.78, 5) is 13.7. The maximum Gasteiger partial charge on any atom is 0.190 e. The number of carbonyl (C=O) groups is 1. The summed E-state index contributed by atoms with van der Waals surface area (Å²) in [5.74, 6) is 0.739. The van der Waals surface area contributed by atoms with E-state index in [1.54, 1.807) is 0 Å². The van der Waals surface area contributed by atoms with Gasteiger partial charge in [-0.25, -0.2) is 10.4 Å². The van der Waals surface area contributed by atoms with Gasteiger partial charge in [0.2, 0.25) is 0 Å². The maximum atomic E-state index is 12.5. The zero-order chi connectivity index (χ0) is 15.6. The molecule has 5 N–H and O–H groups in total. The van der Waals surface area contributed by atoms with Crippen molar-refractivity contribution >= 4 is 28.4 Å². The fourth-order valence-electron chi connectivity index (χ4n) is 3.62. The van der Waals surface area contributed by atoms with Crippen LogP contribution in [-0.4, -0.2) is 40.2 Å². The Bertz CT molecular complexity index is 369. The van der Waals surface area contributed by atoms with Gasteiger partial charge in [-0.2, -0.15) is 0 Å². The highest BCUT2D eigenvalue weighted by atomic mass is 127. The Morgan fingerprint density at radius 1 is 1.43 bits per heavy atom. The van der Waals surface area contributed by atoms with Crippen LogP contribution in [0.2, 0.25) is 0 Å². The summed E-state index contributed by atoms with van der Waals surface area (Å²) in [5, 5.41) is 19.8. The molecule has 0 aromatic carbocycles. The number of piperidine rings is 1. The average Bonchev–Trinajstić information content (AvgIpc) is 2.43. The predicted molar refractivity (Wildman–Crippen MR) is 87.1 cm³/mol. The van der Waals surface area contributed by atoms with Gasteiger partial charge in [0.15, 0.2) is 5.78 Å². The molecule has 0 bridgehead atoms. The molecule has 7 heteroatoms. The molecule has 0 aromatic heterocycles. The lowest BCUT2D eigenvalue weighted by molar-refractivity contribution is -1.07. The molecule has 1 saturated heterocycles. The number of nitrogens with two attached hydrogens (primary N) is 1. The molecule has 0 amide bonds. The van der Waals surface area contributed by atoms with Gasteiger partial charge in [0.05, 0.1) is 10.5 Å². The third-order valence-electron chi connectivity index (χ3n) is 5.05. The van der Waals surface area contributed by atoms with Crippen LogP contribution in [0.5, 0.6) is 0 Å². The summed E-state index contributed by atoms with van der Waals surface area (Å²) >= 11 is 2.21. The minimum absolute atomic E-state index is 0.0568. The number of nitrogens with one attached hydrogen (secondary N) is 2. The number of rotatable bonds is 4. The summed E-state index contributed by atoms with van der Waals surface area (Å²) < 4.78 is 0.147. The van der Waals surface area contributed by atoms with E-state index in [4.69, 9.17) is 5.73 Å². The van der Waals surface area contributed by atoms with Gasteiger partial charge in [-0.3, -0.25) is 10.5 Å². The van der Waals surface area contributed by atoms with Crippen LogP contribution in [0.3, 0.4) is 0 Å². The van der Waals surface area contributed by atoms with E-state index in [1.807, 2.05) is 0 Å². The third kappa shape index (κ3) is 4.59. The van der Waals surface area contributed by atoms with E-state index in [1.165, 1.54) is 4.90 Å². The van der Waals surface area contributed by atoms with Gasteiger partial charge < -0.3 is 10.1 Å². The van der Waals surface area contributed by atoms with E-state index < -0.39 is 5.23 Å². The second-order valence-electron chi connectivity index (χ2n) is 6.77. The van der Waals surface area contributed by atoms with Crippen molar-refractivity contribution < 1.29 is 20.1 Å². The van der Waals surface area contributed by atoms with Crippen molar-refractivity contribution in [2.45, 2.75) is 55.2 Å². The molecule has 0 aromatic rings. The first-order valence-electron chi connectivity index (χ1n) is 7.88. The van der Waals surface area contributed by atoms with Gasteiger partial charge in [-0.15, -0.1) is 0 Å². The average molecular weight is 412 g/mol. The van der Waals surface area contributed by atoms with Crippen molar-refractivity contribution in [2.24, 2.45) is 17.6 Å². The number of likely N-dealkylation sites (tertiary alicyclic amines) is 1. The standard InChI is InChI=1S/C14H26IN3O3/c1-9-2-5-14(16)17(7-9)8-13(19)10-3-4-11(15)12(6-10)18(20)21/h9-12,14,18,20H,2-8,16H2,1H3/p+1. The minimum atomic E-state index is -0.762. The smallest absolute Gasteiger partial charge is 0.190 e. The maximum absolute atomic E-state index is 12.5. The molecule has 7 unspecified atom stereocenters. The molecule has 1 aliphatic heterocycles. The summed E-state index contributed by atoms with van der Waals surface area (Å²) in [7, 11) is 0. The molecule has 122 valence electrons. The number of carbonyl (C=O) groups excluding carboxylic acids is 1. The van der Waals surface area contributed by atoms with Crippen LogP contribution in [0.15, 0.2) is 0 Å². The SMILES string of the molecule is CC1CCC(N)[NH+](CC(=O)C2CCC(I)C([NH+]([O-])O)C2)C1. The summed E-state index contributed by atoms with van der Waals surface area (Å²) in [6, 6.07) is -0.378. The van der Waals surface area contributed by atoms with Crippen molar-refractivity contribution in [3.63, 3.8) is 0 Å². The minimum Gasteiger partial charge on any atom is -0.600 e. The zero-order valence-corrected chi connectivity index (χ0v) is 14.7. The van der Waals surface area contributed by atoms with E-state index >= 15 is 0 Å². The number of hydroxylamine groups is 2. The lowest BCUT2D eigenvalue weighted by Gasteiger charge is -2.37. The molecule has 0 radical (unpaired) electrons. The third-order valence-corrected chi connectivity index (χ3v) is 6.54. The second kappa shape index (κ2) is 7.65. The Labute approximate surface area is 139 Å². The van der Waals surface area contributed by atoms with Crippen molar-refractivity contribution in [3.8, 4) is 0 Å². The van der Waals surface area contributed by atoms with Crippen molar-refractivity contribution in [1.29, 1.82) is 0 Å². The number of alkyl halides is 1. The molecule has 2 aliphatic rings. The van der Waals surface area contributed by atoms with E-state index in [9.17, 15) is 15.2 Å². The van der Waals surface area contributed by atoms with Crippen LogP contribution in [0.4, 0.5) is 0 Å². The number of Topliss-reactive ketones (excluding diaryl/α,β-unsaturated/α-hetero) is 1. The number of ketones is 1. The van der Waals surface area contributed by atoms with Gasteiger partial charge in [-0.05, 0) is 19.3 Å². The van der Waals surface area contributed by atoms with E-state index in [0.717, 1.165) is 32.2 Å². The molecule has 1 saturated carbocycles. The largest absolute Gasteiger partial charge is 0.600 e. The van der Waals surface area contributed by atoms with Crippen LogP contribution in [0.25, 0.3) is 0 Å². The van der Waals surface area contributed by atoms with Crippen LogP contribution in [0.1, 0.15) is 39.0 Å². The van der Waals surface area contributed by atoms with Crippen molar-refractivity contribution in [2.75, 3.05) is 13.1 Å². The quantitative estimate of drug-likeness (QED) is 0.268. The molecule has 21 heavy (non-hydrogen) atoms. The number of hydrogen-bond donors (Lipinski definition) is 4. The Balaban J connectivity index is 1.90. The van der Waals surface area contributed by atoms with E-state index in [2.05, 4.69) is 29.5 Å².